The first-order chi connectivity index (χ1) is 16.7. The van der Waals surface area contributed by atoms with Crippen LogP contribution in [0.4, 0.5) is 8.78 Å². The summed E-state index contributed by atoms with van der Waals surface area (Å²) in [6, 6.07) is 8.56. The minimum absolute atomic E-state index is 0.0304. The number of likely N-dealkylation sites (tertiary alicyclic amines) is 1. The first kappa shape index (κ1) is 27.5. The highest BCUT2D eigenvalue weighted by Crippen LogP contribution is 2.27. The molecule has 1 saturated heterocycles. The van der Waals surface area contributed by atoms with Gasteiger partial charge < -0.3 is 14.9 Å². The zero-order valence-electron chi connectivity index (χ0n) is 20.3. The maximum atomic E-state index is 13.9. The average molecular weight is 510 g/mol. The average Bonchev–Trinajstić information content (AvgIpc) is 3.25. The Hall–Kier alpha value is -2.06. The molecule has 0 aromatic heterocycles. The summed E-state index contributed by atoms with van der Waals surface area (Å²) in [6.45, 7) is 5.15. The Labute approximate surface area is 210 Å². The van der Waals surface area contributed by atoms with Crippen molar-refractivity contribution < 1.29 is 28.5 Å². The summed E-state index contributed by atoms with van der Waals surface area (Å²) in [7, 11) is 0. The molecule has 35 heavy (non-hydrogen) atoms. The monoisotopic (exact) mass is 509 g/mol. The molecular formula is C27H34ClF2NO4. The molecule has 1 aliphatic rings. The number of aliphatic hydroxyl groups is 1. The molecule has 1 aliphatic heterocycles. The lowest BCUT2D eigenvalue weighted by Crippen LogP contribution is -2.39. The van der Waals surface area contributed by atoms with E-state index in [1.54, 1.807) is 6.92 Å². The molecule has 1 fully saturated rings. The smallest absolute Gasteiger partial charge is 0.303 e. The van der Waals surface area contributed by atoms with Crippen LogP contribution >= 0.6 is 11.6 Å². The Kier molecular flexibility index (Phi) is 10.0. The maximum absolute atomic E-state index is 13.9. The topological polar surface area (TPSA) is 70.0 Å². The highest BCUT2D eigenvalue weighted by molar-refractivity contribution is 6.31. The van der Waals surface area contributed by atoms with E-state index in [9.17, 15) is 18.7 Å². The van der Waals surface area contributed by atoms with Gasteiger partial charge in [-0.15, -0.1) is 0 Å². The van der Waals surface area contributed by atoms with Crippen LogP contribution in [-0.4, -0.2) is 52.9 Å². The Bertz CT molecular complexity index is 1020. The van der Waals surface area contributed by atoms with E-state index in [0.717, 1.165) is 54.9 Å². The van der Waals surface area contributed by atoms with Gasteiger partial charge in [0.05, 0.1) is 18.8 Å². The summed E-state index contributed by atoms with van der Waals surface area (Å²) in [5, 5.41) is 20.4. The molecule has 2 aromatic carbocycles. The van der Waals surface area contributed by atoms with Gasteiger partial charge in [-0.25, -0.2) is 8.78 Å². The van der Waals surface area contributed by atoms with Gasteiger partial charge in [-0.1, -0.05) is 30.7 Å². The zero-order valence-corrected chi connectivity index (χ0v) is 21.0. The zero-order chi connectivity index (χ0) is 25.5. The normalized spacial score (nSPS) is 18.1. The van der Waals surface area contributed by atoms with Crippen molar-refractivity contribution in [2.45, 2.75) is 70.6 Å². The highest BCUT2D eigenvalue weighted by atomic mass is 35.5. The number of carboxylic acid groups (broad SMARTS) is 1. The number of aliphatic carboxylic acids is 1. The van der Waals surface area contributed by atoms with Crippen LogP contribution in [0.5, 0.6) is 0 Å². The van der Waals surface area contributed by atoms with E-state index in [4.69, 9.17) is 21.4 Å². The van der Waals surface area contributed by atoms with Crippen LogP contribution in [-0.2, 0) is 28.8 Å². The number of rotatable bonds is 12. The molecule has 0 spiro atoms. The second-order valence-corrected chi connectivity index (χ2v) is 9.67. The highest BCUT2D eigenvalue weighted by Gasteiger charge is 2.27. The fourth-order valence-corrected chi connectivity index (χ4v) is 5.02. The SMILES string of the molecule is CCc1cc(C[C@@H]2CCCN2C[C@@H](O)CO[C@H](C)c2cc(F)c(F)cc2CCC(=O)O)ccc1Cl. The Balaban J connectivity index is 1.57. The fraction of sp³-hybridized carbons (Fsp3) is 0.519. The molecule has 3 atom stereocenters. The summed E-state index contributed by atoms with van der Waals surface area (Å²) < 4.78 is 33.4. The molecule has 1 heterocycles. The second kappa shape index (κ2) is 12.8. The van der Waals surface area contributed by atoms with Crippen LogP contribution in [0.1, 0.15) is 61.5 Å². The Morgan fingerprint density at radius 2 is 1.97 bits per heavy atom. The molecule has 3 rings (SSSR count). The number of aryl methyl sites for hydroxylation is 2. The number of carbonyl (C=O) groups is 1. The summed E-state index contributed by atoms with van der Waals surface area (Å²) in [4.78, 5) is 13.2. The molecule has 0 aliphatic carbocycles. The van der Waals surface area contributed by atoms with E-state index >= 15 is 0 Å². The quantitative estimate of drug-likeness (QED) is 0.404. The Morgan fingerprint density at radius 3 is 2.69 bits per heavy atom. The van der Waals surface area contributed by atoms with E-state index in [1.165, 1.54) is 5.56 Å². The van der Waals surface area contributed by atoms with E-state index in [1.807, 2.05) is 6.07 Å². The van der Waals surface area contributed by atoms with Crippen molar-refractivity contribution in [3.63, 3.8) is 0 Å². The molecule has 0 amide bonds. The lowest BCUT2D eigenvalue weighted by Gasteiger charge is -2.28. The lowest BCUT2D eigenvalue weighted by molar-refractivity contribution is -0.136. The number of hydrogen-bond acceptors (Lipinski definition) is 4. The largest absolute Gasteiger partial charge is 0.481 e. The Morgan fingerprint density at radius 1 is 1.23 bits per heavy atom. The molecule has 2 N–H and O–H groups in total. The van der Waals surface area contributed by atoms with Crippen molar-refractivity contribution in [2.24, 2.45) is 0 Å². The number of carboxylic acids is 1. The van der Waals surface area contributed by atoms with Crippen LogP contribution < -0.4 is 0 Å². The summed E-state index contributed by atoms with van der Waals surface area (Å²) >= 11 is 6.25. The lowest BCUT2D eigenvalue weighted by atomic mass is 9.98. The van der Waals surface area contributed by atoms with Crippen LogP contribution in [0.15, 0.2) is 30.3 Å². The molecule has 0 unspecified atom stereocenters. The minimum atomic E-state index is -1.02. The van der Waals surface area contributed by atoms with Crippen molar-refractivity contribution in [1.29, 1.82) is 0 Å². The summed E-state index contributed by atoms with van der Waals surface area (Å²) in [6.07, 6.45) is 2.37. The minimum Gasteiger partial charge on any atom is -0.481 e. The third-order valence-electron chi connectivity index (χ3n) is 6.67. The van der Waals surface area contributed by atoms with Gasteiger partial charge in [-0.3, -0.25) is 9.69 Å². The molecule has 8 heteroatoms. The van der Waals surface area contributed by atoms with Gasteiger partial charge in [0.15, 0.2) is 11.6 Å². The standard InChI is InChI=1S/C27H34ClF2NO4/c1-3-19-11-18(6-8-24(19)28)12-21-5-4-10-31(21)15-22(32)16-35-17(2)23-14-26(30)25(29)13-20(23)7-9-27(33)34/h6,8,11,13-14,17,21-22,32H,3-5,7,9-10,12,15-16H2,1-2H3,(H,33,34)/t17-,21+,22-/m1/s1. The summed E-state index contributed by atoms with van der Waals surface area (Å²) in [5.41, 5.74) is 3.15. The van der Waals surface area contributed by atoms with Crippen molar-refractivity contribution >= 4 is 17.6 Å². The predicted octanol–water partition coefficient (Wildman–Crippen LogP) is 5.34. The van der Waals surface area contributed by atoms with E-state index in [0.29, 0.717) is 23.7 Å². The maximum Gasteiger partial charge on any atom is 0.303 e. The van der Waals surface area contributed by atoms with Crippen LogP contribution in [0, 0.1) is 11.6 Å². The number of aliphatic hydroxyl groups excluding tert-OH is 1. The van der Waals surface area contributed by atoms with Gasteiger partial charge in [0.2, 0.25) is 0 Å². The predicted molar refractivity (Wildman–Crippen MR) is 132 cm³/mol. The number of halogens is 3. The number of nitrogens with zero attached hydrogens (tertiary/aromatic N) is 1. The number of benzene rings is 2. The first-order valence-corrected chi connectivity index (χ1v) is 12.6. The fourth-order valence-electron chi connectivity index (χ4n) is 4.77. The van der Waals surface area contributed by atoms with Crippen LogP contribution in [0.25, 0.3) is 0 Å². The number of β-amino-alcohol motifs (C(OH)–C–C–N with tert-alkyl or cyclic N) is 1. The molecule has 2 aromatic rings. The van der Waals surface area contributed by atoms with E-state index in [2.05, 4.69) is 24.0 Å². The van der Waals surface area contributed by atoms with E-state index < -0.39 is 29.8 Å². The van der Waals surface area contributed by atoms with Gasteiger partial charge in [0, 0.05) is 24.0 Å². The molecule has 0 saturated carbocycles. The molecular weight excluding hydrogens is 476 g/mol. The van der Waals surface area contributed by atoms with E-state index in [-0.39, 0.29) is 19.4 Å². The molecule has 0 bridgehead atoms. The van der Waals surface area contributed by atoms with Gasteiger partial charge in [0.1, 0.15) is 0 Å². The van der Waals surface area contributed by atoms with Crippen LogP contribution in [0.2, 0.25) is 5.02 Å². The van der Waals surface area contributed by atoms with Crippen molar-refractivity contribution in [1.82, 2.24) is 4.90 Å². The van der Waals surface area contributed by atoms with Gasteiger partial charge in [-0.2, -0.15) is 0 Å². The first-order valence-electron chi connectivity index (χ1n) is 12.2. The third kappa shape index (κ3) is 7.71. The molecule has 192 valence electrons. The number of ether oxygens (including phenoxy) is 1. The van der Waals surface area contributed by atoms with Crippen molar-refractivity contribution in [3.05, 3.63) is 69.2 Å². The second-order valence-electron chi connectivity index (χ2n) is 9.26. The third-order valence-corrected chi connectivity index (χ3v) is 7.04. The van der Waals surface area contributed by atoms with Gasteiger partial charge in [0.25, 0.3) is 0 Å². The number of hydrogen-bond donors (Lipinski definition) is 2. The van der Waals surface area contributed by atoms with Crippen molar-refractivity contribution in [3.8, 4) is 0 Å². The van der Waals surface area contributed by atoms with Crippen molar-refractivity contribution in [2.75, 3.05) is 19.7 Å². The van der Waals surface area contributed by atoms with Gasteiger partial charge >= 0.3 is 5.97 Å². The van der Waals surface area contributed by atoms with Gasteiger partial charge in [-0.05, 0) is 86.0 Å². The van der Waals surface area contributed by atoms with Crippen LogP contribution in [0.3, 0.4) is 0 Å². The summed E-state index contributed by atoms with van der Waals surface area (Å²) in [5.74, 6) is -3.05. The molecule has 0 radical (unpaired) electrons. The molecule has 5 nitrogen and oxygen atoms in total.